The Balaban J connectivity index is 2.10. The second kappa shape index (κ2) is 5.91. The number of pyridine rings is 1. The zero-order chi connectivity index (χ0) is 14.7. The molecule has 5 nitrogen and oxygen atoms in total. The third kappa shape index (κ3) is 3.27. The van der Waals surface area contributed by atoms with Crippen LogP contribution in [-0.4, -0.2) is 9.91 Å². The number of halogens is 3. The molecule has 0 spiro atoms. The van der Waals surface area contributed by atoms with Crippen molar-refractivity contribution in [2.24, 2.45) is 0 Å². The Morgan fingerprint density at radius 1 is 1.30 bits per heavy atom. The van der Waals surface area contributed by atoms with E-state index in [0.29, 0.717) is 15.9 Å². The van der Waals surface area contributed by atoms with Crippen molar-refractivity contribution in [2.45, 2.75) is 6.54 Å². The molecule has 104 valence electrons. The lowest BCUT2D eigenvalue weighted by atomic mass is 10.2. The minimum atomic E-state index is -0.931. The predicted molar refractivity (Wildman–Crippen MR) is 72.3 cm³/mol. The molecule has 2 aromatic rings. The van der Waals surface area contributed by atoms with Crippen molar-refractivity contribution in [3.63, 3.8) is 0 Å². The van der Waals surface area contributed by atoms with Crippen LogP contribution in [0.5, 0.6) is 0 Å². The first-order valence-corrected chi connectivity index (χ1v) is 6.24. The third-order valence-corrected chi connectivity index (χ3v) is 3.09. The smallest absolute Gasteiger partial charge is 0.288 e. The highest BCUT2D eigenvalue weighted by Gasteiger charge is 2.10. The monoisotopic (exact) mass is 343 g/mol. The number of benzene rings is 1. The lowest BCUT2D eigenvalue weighted by molar-refractivity contribution is -0.385. The molecule has 1 N–H and O–H groups in total. The number of hydrogen-bond donors (Lipinski definition) is 1. The van der Waals surface area contributed by atoms with Gasteiger partial charge in [0.1, 0.15) is 12.0 Å². The summed E-state index contributed by atoms with van der Waals surface area (Å²) in [6, 6.07) is 4.84. The average Bonchev–Trinajstić information content (AvgIpc) is 2.41. The van der Waals surface area contributed by atoms with E-state index in [4.69, 9.17) is 0 Å². The summed E-state index contributed by atoms with van der Waals surface area (Å²) in [5.74, 6) is -1.47. The maximum Gasteiger partial charge on any atom is 0.288 e. The molecular weight excluding hydrogens is 336 g/mol. The topological polar surface area (TPSA) is 68.1 Å². The molecule has 0 radical (unpaired) electrons. The van der Waals surface area contributed by atoms with Gasteiger partial charge in [-0.3, -0.25) is 10.1 Å². The Morgan fingerprint density at radius 3 is 2.65 bits per heavy atom. The summed E-state index contributed by atoms with van der Waals surface area (Å²) < 4.78 is 26.2. The Kier molecular flexibility index (Phi) is 4.23. The molecule has 0 amide bonds. The van der Waals surface area contributed by atoms with Gasteiger partial charge in [-0.05, 0) is 33.6 Å². The van der Waals surface area contributed by atoms with Crippen LogP contribution in [0.2, 0.25) is 0 Å². The molecule has 1 heterocycles. The Morgan fingerprint density at radius 2 is 2.05 bits per heavy atom. The summed E-state index contributed by atoms with van der Waals surface area (Å²) in [5.41, 5.74) is 0.381. The van der Waals surface area contributed by atoms with E-state index in [-0.39, 0.29) is 12.2 Å². The van der Waals surface area contributed by atoms with Crippen LogP contribution >= 0.6 is 15.9 Å². The third-order valence-electron chi connectivity index (χ3n) is 2.48. The SMILES string of the molecule is O=[N+]([O-])c1cnc(NCc2ccc(F)c(F)c2)c(Br)c1. The highest BCUT2D eigenvalue weighted by molar-refractivity contribution is 9.10. The first-order valence-electron chi connectivity index (χ1n) is 5.45. The Labute approximate surface area is 120 Å². The molecule has 1 aromatic heterocycles. The summed E-state index contributed by atoms with van der Waals surface area (Å²) in [5, 5.41) is 13.4. The minimum absolute atomic E-state index is 0.143. The van der Waals surface area contributed by atoms with E-state index < -0.39 is 16.6 Å². The van der Waals surface area contributed by atoms with E-state index in [2.05, 4.69) is 26.2 Å². The molecule has 8 heteroatoms. The van der Waals surface area contributed by atoms with Crippen LogP contribution in [0, 0.1) is 21.7 Å². The maximum absolute atomic E-state index is 13.0. The molecule has 0 saturated carbocycles. The quantitative estimate of drug-likeness (QED) is 0.679. The second-order valence-corrected chi connectivity index (χ2v) is 4.74. The first kappa shape index (κ1) is 14.3. The fourth-order valence-electron chi connectivity index (χ4n) is 1.49. The van der Waals surface area contributed by atoms with Gasteiger partial charge in [-0.25, -0.2) is 13.8 Å². The highest BCUT2D eigenvalue weighted by Crippen LogP contribution is 2.24. The molecule has 20 heavy (non-hydrogen) atoms. The average molecular weight is 344 g/mol. The van der Waals surface area contributed by atoms with Crippen molar-refractivity contribution in [3.8, 4) is 0 Å². The molecule has 2 rings (SSSR count). The molecule has 0 bridgehead atoms. The van der Waals surface area contributed by atoms with Gasteiger partial charge in [0.15, 0.2) is 11.6 Å². The molecule has 0 saturated heterocycles. The molecule has 0 aliphatic carbocycles. The van der Waals surface area contributed by atoms with Crippen molar-refractivity contribution in [3.05, 3.63) is 62.2 Å². The van der Waals surface area contributed by atoms with Crippen LogP contribution in [0.4, 0.5) is 20.3 Å². The molecule has 0 aliphatic heterocycles. The van der Waals surface area contributed by atoms with Crippen LogP contribution in [0.3, 0.4) is 0 Å². The van der Waals surface area contributed by atoms with Gasteiger partial charge in [0.2, 0.25) is 0 Å². The van der Waals surface area contributed by atoms with E-state index in [9.17, 15) is 18.9 Å². The van der Waals surface area contributed by atoms with Gasteiger partial charge in [0.05, 0.1) is 9.40 Å². The number of rotatable bonds is 4. The second-order valence-electron chi connectivity index (χ2n) is 3.88. The highest BCUT2D eigenvalue weighted by atomic mass is 79.9. The summed E-state index contributed by atoms with van der Waals surface area (Å²) in [7, 11) is 0. The zero-order valence-corrected chi connectivity index (χ0v) is 11.5. The van der Waals surface area contributed by atoms with Gasteiger partial charge in [-0.1, -0.05) is 6.07 Å². The maximum atomic E-state index is 13.0. The Bertz CT molecular complexity index is 667. The van der Waals surface area contributed by atoms with Gasteiger partial charge in [0, 0.05) is 12.6 Å². The number of hydrogen-bond acceptors (Lipinski definition) is 4. The van der Waals surface area contributed by atoms with Crippen LogP contribution in [0.1, 0.15) is 5.56 Å². The first-order chi connectivity index (χ1) is 9.47. The van der Waals surface area contributed by atoms with E-state index in [0.717, 1.165) is 18.3 Å². The molecule has 1 aromatic carbocycles. The summed E-state index contributed by atoms with van der Waals surface area (Å²) in [4.78, 5) is 13.9. The van der Waals surface area contributed by atoms with E-state index >= 15 is 0 Å². The predicted octanol–water partition coefficient (Wildman–Crippen LogP) is 3.64. The molecule has 0 aliphatic rings. The lowest BCUT2D eigenvalue weighted by Gasteiger charge is -2.07. The van der Waals surface area contributed by atoms with Gasteiger partial charge >= 0.3 is 0 Å². The zero-order valence-electron chi connectivity index (χ0n) is 9.94. The van der Waals surface area contributed by atoms with E-state index in [1.807, 2.05) is 0 Å². The largest absolute Gasteiger partial charge is 0.365 e. The number of nitrogens with zero attached hydrogens (tertiary/aromatic N) is 2. The van der Waals surface area contributed by atoms with E-state index in [1.54, 1.807) is 0 Å². The number of nitro groups is 1. The van der Waals surface area contributed by atoms with Crippen molar-refractivity contribution in [1.29, 1.82) is 0 Å². The van der Waals surface area contributed by atoms with Crippen molar-refractivity contribution in [1.82, 2.24) is 4.98 Å². The van der Waals surface area contributed by atoms with Crippen molar-refractivity contribution >= 4 is 27.4 Å². The van der Waals surface area contributed by atoms with Crippen LogP contribution in [0.15, 0.2) is 34.9 Å². The minimum Gasteiger partial charge on any atom is -0.365 e. The molecular formula is C12H8BrF2N3O2. The van der Waals surface area contributed by atoms with E-state index in [1.165, 1.54) is 12.1 Å². The summed E-state index contributed by atoms with van der Waals surface area (Å²) >= 11 is 3.15. The van der Waals surface area contributed by atoms with Gasteiger partial charge < -0.3 is 5.32 Å². The van der Waals surface area contributed by atoms with Crippen molar-refractivity contribution < 1.29 is 13.7 Å². The Hall–Kier alpha value is -2.09. The van der Waals surface area contributed by atoms with Crippen LogP contribution < -0.4 is 5.32 Å². The summed E-state index contributed by atoms with van der Waals surface area (Å²) in [6.07, 6.45) is 1.11. The normalized spacial score (nSPS) is 10.3. The van der Waals surface area contributed by atoms with Gasteiger partial charge in [0.25, 0.3) is 5.69 Å². The van der Waals surface area contributed by atoms with Gasteiger partial charge in [-0.2, -0.15) is 0 Å². The lowest BCUT2D eigenvalue weighted by Crippen LogP contribution is -2.03. The molecule has 0 unspecified atom stereocenters. The van der Waals surface area contributed by atoms with Crippen LogP contribution in [0.25, 0.3) is 0 Å². The van der Waals surface area contributed by atoms with Gasteiger partial charge in [-0.15, -0.1) is 0 Å². The fraction of sp³-hybridized carbons (Fsp3) is 0.0833. The van der Waals surface area contributed by atoms with Crippen molar-refractivity contribution in [2.75, 3.05) is 5.32 Å². The fourth-order valence-corrected chi connectivity index (χ4v) is 1.97. The molecule has 0 atom stereocenters. The van der Waals surface area contributed by atoms with Crippen LogP contribution in [-0.2, 0) is 6.54 Å². The standard InChI is InChI=1S/C12H8BrF2N3O2/c13-9-4-8(18(19)20)6-17-12(9)16-5-7-1-2-10(14)11(15)3-7/h1-4,6H,5H2,(H,16,17). The number of nitrogens with one attached hydrogen (secondary N) is 1. The molecule has 0 fully saturated rings. The number of aromatic nitrogens is 1. The number of anilines is 1. The summed E-state index contributed by atoms with van der Waals surface area (Å²) in [6.45, 7) is 0.209.